The third-order valence-electron chi connectivity index (χ3n) is 3.86. The molecule has 0 spiro atoms. The molecule has 0 aliphatic carbocycles. The lowest BCUT2D eigenvalue weighted by molar-refractivity contribution is -0.130. The number of carbonyl (C=O) groups excluding carboxylic acids is 1. The summed E-state index contributed by atoms with van der Waals surface area (Å²) in [5.74, 6) is 0.841. The Balaban J connectivity index is 1.57. The van der Waals surface area contributed by atoms with Crippen LogP contribution < -0.4 is 10.6 Å². The van der Waals surface area contributed by atoms with Gasteiger partial charge in [0.15, 0.2) is 0 Å². The molecule has 1 fully saturated rings. The minimum Gasteiger partial charge on any atom is -0.398 e. The number of nitrogen functional groups attached to an aromatic ring is 1. The first-order valence-electron chi connectivity index (χ1n) is 7.37. The van der Waals surface area contributed by atoms with Gasteiger partial charge in [-0.15, -0.1) is 0 Å². The average Bonchev–Trinajstić information content (AvgIpc) is 2.58. The zero-order valence-corrected chi connectivity index (χ0v) is 12.4. The summed E-state index contributed by atoms with van der Waals surface area (Å²) in [6.45, 7) is 2.87. The van der Waals surface area contributed by atoms with E-state index in [1.54, 1.807) is 18.5 Å². The van der Waals surface area contributed by atoms with Gasteiger partial charge in [0.2, 0.25) is 11.9 Å². The first-order valence-corrected chi connectivity index (χ1v) is 7.37. The van der Waals surface area contributed by atoms with E-state index in [-0.39, 0.29) is 5.91 Å². The van der Waals surface area contributed by atoms with Crippen molar-refractivity contribution in [1.82, 2.24) is 14.9 Å². The van der Waals surface area contributed by atoms with E-state index in [4.69, 9.17) is 5.73 Å². The van der Waals surface area contributed by atoms with Crippen LogP contribution in [0.4, 0.5) is 11.6 Å². The van der Waals surface area contributed by atoms with Gasteiger partial charge < -0.3 is 15.5 Å². The van der Waals surface area contributed by atoms with Crippen molar-refractivity contribution < 1.29 is 4.79 Å². The standard InChI is InChI=1S/C16H19N5O/c17-14-5-2-1-4-13(14)12-15(22)20-8-10-21(11-9-20)16-18-6-3-7-19-16/h1-7H,8-12,17H2. The number of aromatic nitrogens is 2. The number of hydrogen-bond acceptors (Lipinski definition) is 5. The first kappa shape index (κ1) is 14.3. The van der Waals surface area contributed by atoms with Gasteiger partial charge in [-0.25, -0.2) is 9.97 Å². The lowest BCUT2D eigenvalue weighted by Gasteiger charge is -2.34. The summed E-state index contributed by atoms with van der Waals surface area (Å²) in [5.41, 5.74) is 7.46. The molecule has 0 bridgehead atoms. The zero-order chi connectivity index (χ0) is 15.4. The number of nitrogens with two attached hydrogens (primary N) is 1. The van der Waals surface area contributed by atoms with Crippen LogP contribution in [-0.2, 0) is 11.2 Å². The van der Waals surface area contributed by atoms with Gasteiger partial charge in [0.05, 0.1) is 6.42 Å². The van der Waals surface area contributed by atoms with Gasteiger partial charge in [-0.05, 0) is 17.7 Å². The molecule has 1 amide bonds. The largest absolute Gasteiger partial charge is 0.398 e. The fourth-order valence-electron chi connectivity index (χ4n) is 2.58. The van der Waals surface area contributed by atoms with E-state index in [9.17, 15) is 4.79 Å². The minimum atomic E-state index is 0.117. The van der Waals surface area contributed by atoms with Gasteiger partial charge in [-0.2, -0.15) is 0 Å². The number of hydrogen-bond donors (Lipinski definition) is 1. The molecule has 22 heavy (non-hydrogen) atoms. The maximum Gasteiger partial charge on any atom is 0.227 e. The number of rotatable bonds is 3. The quantitative estimate of drug-likeness (QED) is 0.854. The van der Waals surface area contributed by atoms with Crippen LogP contribution >= 0.6 is 0 Å². The van der Waals surface area contributed by atoms with E-state index >= 15 is 0 Å². The summed E-state index contributed by atoms with van der Waals surface area (Å²) >= 11 is 0. The van der Waals surface area contributed by atoms with E-state index in [1.165, 1.54) is 0 Å². The van der Waals surface area contributed by atoms with Crippen molar-refractivity contribution in [3.8, 4) is 0 Å². The molecule has 114 valence electrons. The topological polar surface area (TPSA) is 75.4 Å². The lowest BCUT2D eigenvalue weighted by atomic mass is 10.1. The molecule has 3 rings (SSSR count). The second-order valence-corrected chi connectivity index (χ2v) is 5.29. The van der Waals surface area contributed by atoms with Crippen molar-refractivity contribution in [2.45, 2.75) is 6.42 Å². The van der Waals surface area contributed by atoms with Crippen LogP contribution in [0.2, 0.25) is 0 Å². The van der Waals surface area contributed by atoms with Gasteiger partial charge in [0.1, 0.15) is 0 Å². The molecule has 1 aromatic heterocycles. The summed E-state index contributed by atoms with van der Waals surface area (Å²) in [5, 5.41) is 0. The van der Waals surface area contributed by atoms with Crippen LogP contribution in [0, 0.1) is 0 Å². The van der Waals surface area contributed by atoms with Crippen molar-refractivity contribution >= 4 is 17.5 Å². The van der Waals surface area contributed by atoms with Crippen molar-refractivity contribution in [2.75, 3.05) is 36.8 Å². The highest BCUT2D eigenvalue weighted by Crippen LogP contribution is 2.14. The van der Waals surface area contributed by atoms with Gasteiger partial charge >= 0.3 is 0 Å². The number of benzene rings is 1. The maximum absolute atomic E-state index is 12.4. The molecule has 1 aliphatic rings. The number of para-hydroxylation sites is 1. The molecule has 1 saturated heterocycles. The molecule has 2 aromatic rings. The van der Waals surface area contributed by atoms with Crippen LogP contribution in [0.3, 0.4) is 0 Å². The number of piperazine rings is 1. The predicted octanol–water partition coefficient (Wildman–Crippen LogP) is 0.950. The molecule has 2 N–H and O–H groups in total. The summed E-state index contributed by atoms with van der Waals surface area (Å²) in [6, 6.07) is 9.31. The van der Waals surface area contributed by atoms with Crippen LogP contribution in [0.25, 0.3) is 0 Å². The Labute approximate surface area is 129 Å². The predicted molar refractivity (Wildman–Crippen MR) is 85.4 cm³/mol. The van der Waals surface area contributed by atoms with Crippen LogP contribution in [0.5, 0.6) is 0 Å². The monoisotopic (exact) mass is 297 g/mol. The normalized spacial score (nSPS) is 14.9. The Morgan fingerprint density at radius 2 is 1.73 bits per heavy atom. The van der Waals surface area contributed by atoms with E-state index in [1.807, 2.05) is 29.2 Å². The highest BCUT2D eigenvalue weighted by atomic mass is 16.2. The SMILES string of the molecule is Nc1ccccc1CC(=O)N1CCN(c2ncccn2)CC1. The van der Waals surface area contributed by atoms with Crippen LogP contribution in [0.1, 0.15) is 5.56 Å². The number of amides is 1. The van der Waals surface area contributed by atoms with E-state index in [0.717, 1.165) is 24.6 Å². The molecule has 1 aliphatic heterocycles. The number of carbonyl (C=O) groups is 1. The third kappa shape index (κ3) is 3.16. The molecule has 6 nitrogen and oxygen atoms in total. The lowest BCUT2D eigenvalue weighted by Crippen LogP contribution is -2.49. The summed E-state index contributed by atoms with van der Waals surface area (Å²) in [6.07, 6.45) is 3.82. The molecule has 6 heteroatoms. The third-order valence-corrected chi connectivity index (χ3v) is 3.86. The number of anilines is 2. The molecular weight excluding hydrogens is 278 g/mol. The fraction of sp³-hybridized carbons (Fsp3) is 0.312. The highest BCUT2D eigenvalue weighted by Gasteiger charge is 2.22. The smallest absolute Gasteiger partial charge is 0.227 e. The van der Waals surface area contributed by atoms with Crippen molar-refractivity contribution in [3.05, 3.63) is 48.3 Å². The Kier molecular flexibility index (Phi) is 4.18. The second kappa shape index (κ2) is 6.43. The summed E-state index contributed by atoms with van der Waals surface area (Å²) in [7, 11) is 0. The molecular formula is C16H19N5O. The molecule has 0 atom stereocenters. The first-order chi connectivity index (χ1) is 10.7. The van der Waals surface area contributed by atoms with E-state index < -0.39 is 0 Å². The average molecular weight is 297 g/mol. The van der Waals surface area contributed by atoms with E-state index in [2.05, 4.69) is 14.9 Å². The molecule has 1 aromatic carbocycles. The van der Waals surface area contributed by atoms with Gasteiger partial charge in [-0.3, -0.25) is 4.79 Å². The number of nitrogens with zero attached hydrogens (tertiary/aromatic N) is 4. The minimum absolute atomic E-state index is 0.117. The Bertz CT molecular complexity index is 638. The maximum atomic E-state index is 12.4. The van der Waals surface area contributed by atoms with Crippen molar-refractivity contribution in [3.63, 3.8) is 0 Å². The van der Waals surface area contributed by atoms with Gasteiger partial charge in [0.25, 0.3) is 0 Å². The Morgan fingerprint density at radius 3 is 2.41 bits per heavy atom. The molecule has 2 heterocycles. The Morgan fingerprint density at radius 1 is 1.05 bits per heavy atom. The van der Waals surface area contributed by atoms with Crippen molar-refractivity contribution in [1.29, 1.82) is 0 Å². The van der Waals surface area contributed by atoms with Crippen molar-refractivity contribution in [2.24, 2.45) is 0 Å². The Hall–Kier alpha value is -2.63. The zero-order valence-electron chi connectivity index (χ0n) is 12.4. The van der Waals surface area contributed by atoms with Crippen LogP contribution in [-0.4, -0.2) is 47.0 Å². The molecule has 0 saturated carbocycles. The van der Waals surface area contributed by atoms with E-state index in [0.29, 0.717) is 25.2 Å². The van der Waals surface area contributed by atoms with Crippen LogP contribution in [0.15, 0.2) is 42.7 Å². The van der Waals surface area contributed by atoms with Gasteiger partial charge in [-0.1, -0.05) is 18.2 Å². The summed E-state index contributed by atoms with van der Waals surface area (Å²) in [4.78, 5) is 24.9. The molecule has 0 radical (unpaired) electrons. The summed E-state index contributed by atoms with van der Waals surface area (Å²) < 4.78 is 0. The molecule has 0 unspecified atom stereocenters. The highest BCUT2D eigenvalue weighted by molar-refractivity contribution is 5.80. The fourth-order valence-corrected chi connectivity index (χ4v) is 2.58. The second-order valence-electron chi connectivity index (χ2n) is 5.29. The van der Waals surface area contributed by atoms with Gasteiger partial charge in [0, 0.05) is 44.3 Å².